The summed E-state index contributed by atoms with van der Waals surface area (Å²) in [5.74, 6) is -3.76. The van der Waals surface area contributed by atoms with E-state index in [1.807, 2.05) is 22.6 Å². The number of hydrogen-bond donors (Lipinski definition) is 3. The number of halogens is 4. The molecule has 2 aromatic carbocycles. The normalized spacial score (nSPS) is 23.8. The number of anilines is 1. The van der Waals surface area contributed by atoms with Gasteiger partial charge in [-0.25, -0.2) is 22.2 Å². The SMILES string of the molecule is COc1cnc(O[C@@H]2C[C@@H](C(=O)N[C@]3(C(=O)NS(=O)(=O)C4CC4)C[C@H]3I)N(C(=O)C(Nc3cccc(F)c3F)C(C)(C)C)C2)c2cc(Cl)ccc12. The number of aromatic nitrogens is 1. The summed E-state index contributed by atoms with van der Waals surface area (Å²) < 4.78 is 67.7. The first kappa shape index (κ1) is 37.3. The molecule has 5 atom stereocenters. The van der Waals surface area contributed by atoms with Gasteiger partial charge >= 0.3 is 0 Å². The maximum atomic E-state index is 14.8. The van der Waals surface area contributed by atoms with Crippen molar-refractivity contribution in [3.8, 4) is 11.6 Å². The van der Waals surface area contributed by atoms with Gasteiger partial charge in [0.1, 0.15) is 29.5 Å². The van der Waals surface area contributed by atoms with Crippen molar-refractivity contribution in [1.82, 2.24) is 19.9 Å². The Morgan fingerprint density at radius 2 is 1.84 bits per heavy atom. The summed E-state index contributed by atoms with van der Waals surface area (Å²) in [6, 6.07) is 6.32. The van der Waals surface area contributed by atoms with Crippen molar-refractivity contribution in [1.29, 1.82) is 0 Å². The number of pyridine rings is 1. The third kappa shape index (κ3) is 7.54. The molecule has 2 heterocycles. The minimum Gasteiger partial charge on any atom is -0.494 e. The standard InChI is InChI=1S/C34H37ClF2IN5O7S/c1-33(2,3)28(40-23-7-5-6-22(36)27(23)37)31(45)43-16-18(50-30-21-12-17(35)8-11-20(21)25(49-4)15-39-30)13-24(43)29(44)41-34(14-26(34)38)32(46)42-51(47,48)19-9-10-19/h5-8,11-12,15,18-19,24,26,28,40H,9-10,13-14,16H2,1-4H3,(H,41,44)(H,42,46)/t18-,24+,26-,28?,34-/m1/s1. The number of likely N-dealkylation sites (tertiary alicyclic amines) is 1. The lowest BCUT2D eigenvalue weighted by molar-refractivity contribution is -0.141. The molecule has 51 heavy (non-hydrogen) atoms. The van der Waals surface area contributed by atoms with Crippen molar-refractivity contribution in [2.24, 2.45) is 5.41 Å². The number of methoxy groups -OCH3 is 1. The smallest absolute Gasteiger partial charge is 0.260 e. The summed E-state index contributed by atoms with van der Waals surface area (Å²) in [6.45, 7) is 5.09. The van der Waals surface area contributed by atoms with Crippen LogP contribution in [0.2, 0.25) is 5.02 Å². The fraction of sp³-hybridized carbons (Fsp3) is 0.471. The number of sulfonamides is 1. The van der Waals surface area contributed by atoms with Gasteiger partial charge in [-0.3, -0.25) is 19.1 Å². The average molecular weight is 860 g/mol. The predicted octanol–water partition coefficient (Wildman–Crippen LogP) is 4.72. The molecule has 3 aliphatic rings. The number of rotatable bonds is 11. The number of nitrogens with one attached hydrogen (secondary N) is 3. The average Bonchev–Trinajstić information content (AvgIpc) is 3.98. The number of fused-ring (bicyclic) bond motifs is 1. The van der Waals surface area contributed by atoms with Gasteiger partial charge in [0.15, 0.2) is 11.6 Å². The maximum absolute atomic E-state index is 14.8. The van der Waals surface area contributed by atoms with Crippen molar-refractivity contribution < 1.29 is 41.1 Å². The first-order valence-electron chi connectivity index (χ1n) is 16.3. The van der Waals surface area contributed by atoms with E-state index in [9.17, 15) is 31.6 Å². The van der Waals surface area contributed by atoms with Crippen molar-refractivity contribution >= 4 is 78.4 Å². The number of carbonyl (C=O) groups excluding carboxylic acids is 3. The van der Waals surface area contributed by atoms with Crippen LogP contribution in [0.1, 0.15) is 46.5 Å². The molecule has 17 heteroatoms. The zero-order valence-corrected chi connectivity index (χ0v) is 31.9. The van der Waals surface area contributed by atoms with Crippen LogP contribution >= 0.6 is 34.2 Å². The Bertz CT molecular complexity index is 2010. The molecule has 1 aromatic heterocycles. The van der Waals surface area contributed by atoms with E-state index in [2.05, 4.69) is 20.3 Å². The van der Waals surface area contributed by atoms with Crippen LogP contribution in [0.5, 0.6) is 11.6 Å². The van der Waals surface area contributed by atoms with Crippen LogP contribution in [-0.2, 0) is 24.4 Å². The van der Waals surface area contributed by atoms with Crippen molar-refractivity contribution in [2.75, 3.05) is 19.0 Å². The van der Waals surface area contributed by atoms with E-state index in [0.29, 0.717) is 34.4 Å². The number of hydrogen-bond acceptors (Lipinski definition) is 9. The second-order valence-electron chi connectivity index (χ2n) is 14.2. The summed E-state index contributed by atoms with van der Waals surface area (Å²) >= 11 is 8.28. The third-order valence-corrected chi connectivity index (χ3v) is 12.9. The molecule has 6 rings (SSSR count). The molecule has 0 spiro atoms. The number of amides is 3. The van der Waals surface area contributed by atoms with Crippen LogP contribution in [0.15, 0.2) is 42.6 Å². The Morgan fingerprint density at radius 3 is 2.47 bits per heavy atom. The molecule has 3 amide bonds. The van der Waals surface area contributed by atoms with Gasteiger partial charge in [0, 0.05) is 26.1 Å². The molecule has 2 saturated carbocycles. The lowest BCUT2D eigenvalue weighted by Crippen LogP contribution is -2.58. The van der Waals surface area contributed by atoms with E-state index in [1.54, 1.807) is 39.0 Å². The van der Waals surface area contributed by atoms with Gasteiger partial charge in [-0.05, 0) is 55.0 Å². The quantitative estimate of drug-likeness (QED) is 0.184. The van der Waals surface area contributed by atoms with Gasteiger partial charge in [0.25, 0.3) is 5.91 Å². The largest absolute Gasteiger partial charge is 0.494 e. The van der Waals surface area contributed by atoms with Crippen molar-refractivity contribution in [3.63, 3.8) is 0 Å². The van der Waals surface area contributed by atoms with E-state index in [0.717, 1.165) is 6.07 Å². The van der Waals surface area contributed by atoms with E-state index >= 15 is 0 Å². The Morgan fingerprint density at radius 1 is 1.14 bits per heavy atom. The van der Waals surface area contributed by atoms with Gasteiger partial charge in [0.05, 0.1) is 30.8 Å². The monoisotopic (exact) mass is 859 g/mol. The van der Waals surface area contributed by atoms with E-state index < -0.39 is 77.7 Å². The third-order valence-electron chi connectivity index (χ3n) is 9.31. The molecule has 3 aromatic rings. The summed E-state index contributed by atoms with van der Waals surface area (Å²) in [6.07, 6.45) is 1.72. The Kier molecular flexibility index (Phi) is 10.1. The molecule has 274 valence electrons. The number of nitrogens with zero attached hydrogens (tertiary/aromatic N) is 2. The Hall–Kier alpha value is -3.51. The summed E-state index contributed by atoms with van der Waals surface area (Å²) in [5.41, 5.74) is -2.62. The summed E-state index contributed by atoms with van der Waals surface area (Å²) in [7, 11) is -2.40. The number of benzene rings is 2. The van der Waals surface area contributed by atoms with Crippen LogP contribution in [-0.4, -0.2) is 82.6 Å². The molecule has 3 N–H and O–H groups in total. The van der Waals surface area contributed by atoms with E-state index in [4.69, 9.17) is 21.1 Å². The topological polar surface area (TPSA) is 156 Å². The fourth-order valence-corrected chi connectivity index (χ4v) is 8.84. The molecular formula is C34H37ClF2IN5O7S. The molecule has 12 nitrogen and oxygen atoms in total. The molecular weight excluding hydrogens is 823 g/mol. The van der Waals surface area contributed by atoms with Gasteiger partial charge < -0.3 is 25.0 Å². The molecule has 1 unspecified atom stereocenters. The highest BCUT2D eigenvalue weighted by atomic mass is 127. The predicted molar refractivity (Wildman–Crippen MR) is 194 cm³/mol. The number of alkyl halides is 1. The van der Waals surface area contributed by atoms with Crippen molar-refractivity contribution in [2.45, 2.75) is 79.4 Å². The number of ether oxygens (including phenoxy) is 2. The van der Waals surface area contributed by atoms with Crippen LogP contribution in [0, 0.1) is 17.0 Å². The molecule has 3 fully saturated rings. The summed E-state index contributed by atoms with van der Waals surface area (Å²) in [5, 5.41) is 6.56. The van der Waals surface area contributed by atoms with Gasteiger partial charge in [-0.15, -0.1) is 0 Å². The Labute approximate surface area is 312 Å². The molecule has 0 bridgehead atoms. The zero-order chi connectivity index (χ0) is 37.0. The second kappa shape index (κ2) is 13.8. The lowest BCUT2D eigenvalue weighted by atomic mass is 9.85. The lowest BCUT2D eigenvalue weighted by Gasteiger charge is -2.36. The minimum atomic E-state index is -3.90. The first-order valence-corrected chi connectivity index (χ1v) is 19.4. The van der Waals surface area contributed by atoms with Crippen LogP contribution < -0.4 is 24.8 Å². The highest BCUT2D eigenvalue weighted by molar-refractivity contribution is 14.1. The van der Waals surface area contributed by atoms with Crippen LogP contribution in [0.4, 0.5) is 14.5 Å². The molecule has 1 aliphatic heterocycles. The van der Waals surface area contributed by atoms with Crippen LogP contribution in [0.3, 0.4) is 0 Å². The Balaban J connectivity index is 1.32. The fourth-order valence-electron chi connectivity index (χ4n) is 6.17. The van der Waals surface area contributed by atoms with Gasteiger partial charge in [-0.2, -0.15) is 0 Å². The van der Waals surface area contributed by atoms with Crippen LogP contribution in [0.25, 0.3) is 10.8 Å². The van der Waals surface area contributed by atoms with Crippen molar-refractivity contribution in [3.05, 3.63) is 59.3 Å². The molecule has 1 saturated heterocycles. The number of carbonyl (C=O) groups is 3. The zero-order valence-electron chi connectivity index (χ0n) is 28.1. The molecule has 0 radical (unpaired) electrons. The second-order valence-corrected chi connectivity index (χ2v) is 18.1. The highest BCUT2D eigenvalue weighted by Crippen LogP contribution is 2.45. The summed E-state index contributed by atoms with van der Waals surface area (Å²) in [4.78, 5) is 47.7. The van der Waals surface area contributed by atoms with Gasteiger partial charge in [0.2, 0.25) is 27.7 Å². The van der Waals surface area contributed by atoms with E-state index in [-0.39, 0.29) is 31.0 Å². The minimum absolute atomic E-state index is 0.0392. The molecule has 2 aliphatic carbocycles. The highest BCUT2D eigenvalue weighted by Gasteiger charge is 2.62. The first-order chi connectivity index (χ1) is 23.9. The maximum Gasteiger partial charge on any atom is 0.260 e. The van der Waals surface area contributed by atoms with E-state index in [1.165, 1.54) is 30.3 Å². The van der Waals surface area contributed by atoms with Gasteiger partial charge in [-0.1, -0.05) is 61.0 Å².